The molecule has 0 radical (unpaired) electrons. The van der Waals surface area contributed by atoms with Crippen LogP contribution >= 0.6 is 46.4 Å². The highest BCUT2D eigenvalue weighted by molar-refractivity contribution is 6.48. The SMILES string of the molecule is Cc1cc(Cl)cc(-c2cc(Cl)c(Cl)c(Cl)c2)c1. The van der Waals surface area contributed by atoms with Gasteiger partial charge in [-0.2, -0.15) is 0 Å². The Morgan fingerprint density at radius 2 is 1.24 bits per heavy atom. The summed E-state index contributed by atoms with van der Waals surface area (Å²) in [5.74, 6) is 0. The Hall–Kier alpha value is -0.400. The second-order valence-electron chi connectivity index (χ2n) is 3.77. The fourth-order valence-corrected chi connectivity index (χ4v) is 2.51. The quantitative estimate of drug-likeness (QED) is 0.544. The third-order valence-electron chi connectivity index (χ3n) is 2.36. The minimum Gasteiger partial charge on any atom is -0.0843 e. The Bertz CT molecular complexity index is 532. The van der Waals surface area contributed by atoms with Gasteiger partial charge >= 0.3 is 0 Å². The van der Waals surface area contributed by atoms with Crippen molar-refractivity contribution in [1.29, 1.82) is 0 Å². The summed E-state index contributed by atoms with van der Waals surface area (Å²) >= 11 is 23.9. The van der Waals surface area contributed by atoms with Crippen LogP contribution in [0.15, 0.2) is 30.3 Å². The lowest BCUT2D eigenvalue weighted by Gasteiger charge is -2.07. The summed E-state index contributed by atoms with van der Waals surface area (Å²) < 4.78 is 0. The molecule has 0 N–H and O–H groups in total. The van der Waals surface area contributed by atoms with Gasteiger partial charge in [0, 0.05) is 5.02 Å². The molecule has 88 valence electrons. The zero-order valence-electron chi connectivity index (χ0n) is 8.90. The van der Waals surface area contributed by atoms with Crippen molar-refractivity contribution < 1.29 is 0 Å². The van der Waals surface area contributed by atoms with E-state index in [1.54, 1.807) is 12.1 Å². The van der Waals surface area contributed by atoms with Crippen LogP contribution in [-0.4, -0.2) is 0 Å². The molecule has 0 saturated carbocycles. The fourth-order valence-electron chi connectivity index (χ4n) is 1.63. The van der Waals surface area contributed by atoms with E-state index < -0.39 is 0 Å². The van der Waals surface area contributed by atoms with Crippen LogP contribution < -0.4 is 0 Å². The van der Waals surface area contributed by atoms with Gasteiger partial charge in [0.25, 0.3) is 0 Å². The van der Waals surface area contributed by atoms with Crippen LogP contribution in [-0.2, 0) is 0 Å². The first-order valence-corrected chi connectivity index (χ1v) is 6.40. The van der Waals surface area contributed by atoms with E-state index in [1.165, 1.54) is 0 Å². The monoisotopic (exact) mass is 304 g/mol. The van der Waals surface area contributed by atoms with Crippen molar-refractivity contribution in [1.82, 2.24) is 0 Å². The summed E-state index contributed by atoms with van der Waals surface area (Å²) in [5.41, 5.74) is 2.94. The van der Waals surface area contributed by atoms with Crippen LogP contribution in [0.25, 0.3) is 11.1 Å². The molecule has 0 bridgehead atoms. The van der Waals surface area contributed by atoms with Gasteiger partial charge in [0.1, 0.15) is 0 Å². The van der Waals surface area contributed by atoms with E-state index >= 15 is 0 Å². The number of aryl methyl sites for hydroxylation is 1. The molecule has 4 heteroatoms. The van der Waals surface area contributed by atoms with Crippen LogP contribution in [0, 0.1) is 6.92 Å². The summed E-state index contributed by atoms with van der Waals surface area (Å²) in [4.78, 5) is 0. The maximum atomic E-state index is 6.02. The molecular formula is C13H8Cl4. The van der Waals surface area contributed by atoms with Crippen molar-refractivity contribution in [2.75, 3.05) is 0 Å². The van der Waals surface area contributed by atoms with E-state index in [2.05, 4.69) is 0 Å². The summed E-state index contributed by atoms with van der Waals surface area (Å²) in [6.07, 6.45) is 0. The summed E-state index contributed by atoms with van der Waals surface area (Å²) in [7, 11) is 0. The Kier molecular flexibility index (Phi) is 3.89. The fraction of sp³-hybridized carbons (Fsp3) is 0.0769. The molecular weight excluding hydrogens is 298 g/mol. The van der Waals surface area contributed by atoms with E-state index in [4.69, 9.17) is 46.4 Å². The first-order chi connectivity index (χ1) is 7.97. The average molecular weight is 306 g/mol. The van der Waals surface area contributed by atoms with Crippen LogP contribution in [0.5, 0.6) is 0 Å². The van der Waals surface area contributed by atoms with Gasteiger partial charge in [0.2, 0.25) is 0 Å². The van der Waals surface area contributed by atoms with Crippen molar-refractivity contribution in [3.63, 3.8) is 0 Å². The highest BCUT2D eigenvalue weighted by Gasteiger charge is 2.08. The Morgan fingerprint density at radius 1 is 0.706 bits per heavy atom. The Balaban J connectivity index is 2.60. The maximum Gasteiger partial charge on any atom is 0.0778 e. The molecule has 2 aromatic rings. The van der Waals surface area contributed by atoms with Gasteiger partial charge in [-0.1, -0.05) is 52.5 Å². The molecule has 0 atom stereocenters. The zero-order chi connectivity index (χ0) is 12.6. The summed E-state index contributed by atoms with van der Waals surface area (Å²) in [6, 6.07) is 9.33. The lowest BCUT2D eigenvalue weighted by molar-refractivity contribution is 1.47. The first-order valence-electron chi connectivity index (χ1n) is 4.89. The summed E-state index contributed by atoms with van der Waals surface area (Å²) in [5, 5.41) is 1.93. The zero-order valence-corrected chi connectivity index (χ0v) is 11.9. The molecule has 0 aliphatic carbocycles. The summed E-state index contributed by atoms with van der Waals surface area (Å²) in [6.45, 7) is 1.98. The molecule has 0 aliphatic heterocycles. The molecule has 0 fully saturated rings. The lowest BCUT2D eigenvalue weighted by Crippen LogP contribution is -1.82. The largest absolute Gasteiger partial charge is 0.0843 e. The van der Waals surface area contributed by atoms with E-state index in [0.717, 1.165) is 16.7 Å². The molecule has 2 aromatic carbocycles. The number of hydrogen-bond acceptors (Lipinski definition) is 0. The van der Waals surface area contributed by atoms with E-state index in [0.29, 0.717) is 20.1 Å². The molecule has 0 saturated heterocycles. The second-order valence-corrected chi connectivity index (χ2v) is 5.40. The van der Waals surface area contributed by atoms with Gasteiger partial charge in [-0.3, -0.25) is 0 Å². The molecule has 0 unspecified atom stereocenters. The van der Waals surface area contributed by atoms with Crippen LogP contribution in [0.2, 0.25) is 20.1 Å². The van der Waals surface area contributed by atoms with E-state index in [-0.39, 0.29) is 0 Å². The third kappa shape index (κ3) is 2.89. The Morgan fingerprint density at radius 3 is 1.76 bits per heavy atom. The predicted molar refractivity (Wildman–Crippen MR) is 76.7 cm³/mol. The van der Waals surface area contributed by atoms with Crippen LogP contribution in [0.4, 0.5) is 0 Å². The van der Waals surface area contributed by atoms with E-state index in [9.17, 15) is 0 Å². The molecule has 0 spiro atoms. The topological polar surface area (TPSA) is 0 Å². The minimum atomic E-state index is 0.371. The number of halogens is 4. The molecule has 0 aliphatic rings. The van der Waals surface area contributed by atoms with Gasteiger partial charge in [0.05, 0.1) is 15.1 Å². The van der Waals surface area contributed by atoms with Gasteiger partial charge in [-0.15, -0.1) is 0 Å². The number of hydrogen-bond donors (Lipinski definition) is 0. The smallest absolute Gasteiger partial charge is 0.0778 e. The standard InChI is InChI=1S/C13H8Cl4/c1-7-2-8(4-10(14)3-7)9-5-11(15)13(17)12(16)6-9/h2-6H,1H3. The maximum absolute atomic E-state index is 6.02. The number of benzene rings is 2. The van der Waals surface area contributed by atoms with Gasteiger partial charge < -0.3 is 0 Å². The van der Waals surface area contributed by atoms with Crippen molar-refractivity contribution in [3.8, 4) is 11.1 Å². The van der Waals surface area contributed by atoms with E-state index in [1.807, 2.05) is 25.1 Å². The predicted octanol–water partition coefficient (Wildman–Crippen LogP) is 6.28. The van der Waals surface area contributed by atoms with Crippen molar-refractivity contribution in [3.05, 3.63) is 56.0 Å². The van der Waals surface area contributed by atoms with Crippen molar-refractivity contribution in [2.24, 2.45) is 0 Å². The second kappa shape index (κ2) is 5.07. The molecule has 0 amide bonds. The first kappa shape index (κ1) is 13.0. The van der Waals surface area contributed by atoms with Gasteiger partial charge in [-0.25, -0.2) is 0 Å². The van der Waals surface area contributed by atoms with Gasteiger partial charge in [0.15, 0.2) is 0 Å². The molecule has 0 nitrogen and oxygen atoms in total. The number of rotatable bonds is 1. The molecule has 0 heterocycles. The minimum absolute atomic E-state index is 0.371. The lowest BCUT2D eigenvalue weighted by atomic mass is 10.0. The third-order valence-corrected chi connectivity index (χ3v) is 3.77. The molecule has 0 aromatic heterocycles. The normalized spacial score (nSPS) is 10.6. The van der Waals surface area contributed by atoms with Crippen LogP contribution in [0.1, 0.15) is 5.56 Å². The average Bonchev–Trinajstić information content (AvgIpc) is 2.23. The highest BCUT2D eigenvalue weighted by Crippen LogP contribution is 2.35. The molecule has 17 heavy (non-hydrogen) atoms. The Labute approximate surface area is 120 Å². The van der Waals surface area contributed by atoms with Crippen LogP contribution in [0.3, 0.4) is 0 Å². The highest BCUT2D eigenvalue weighted by atomic mass is 35.5. The van der Waals surface area contributed by atoms with Crippen molar-refractivity contribution >= 4 is 46.4 Å². The van der Waals surface area contributed by atoms with Crippen molar-refractivity contribution in [2.45, 2.75) is 6.92 Å². The van der Waals surface area contributed by atoms with Gasteiger partial charge in [-0.05, 0) is 47.9 Å². The molecule has 2 rings (SSSR count).